The minimum absolute atomic E-state index is 0.0795. The van der Waals surface area contributed by atoms with Crippen LogP contribution in [0.4, 0.5) is 25.0 Å². The standard InChI is InChI=1S/C23H20F2N6O4S2/c1-31(18-4-5-21-19(11-18)27-13-36-21)22(32)20(9-14-7-15(24)10-16(25)8-14)28-23(33)30-37(34,35)29-17-3-2-6-26-12-17/h2-8,10-13,20,29H,9H2,1H3,(H2,28,30,33)/t20-/m0/s1. The molecule has 0 saturated heterocycles. The van der Waals surface area contributed by atoms with E-state index >= 15 is 0 Å². The largest absolute Gasteiger partial charge is 0.330 e. The highest BCUT2D eigenvalue weighted by atomic mass is 32.2. The van der Waals surface area contributed by atoms with E-state index < -0.39 is 39.8 Å². The Morgan fingerprint density at radius 1 is 1.11 bits per heavy atom. The molecular weight excluding hydrogens is 526 g/mol. The molecule has 0 aliphatic rings. The number of nitrogens with zero attached hydrogens (tertiary/aromatic N) is 3. The van der Waals surface area contributed by atoms with Gasteiger partial charge in [0.05, 0.1) is 27.6 Å². The van der Waals surface area contributed by atoms with E-state index in [0.29, 0.717) is 17.3 Å². The first-order valence-corrected chi connectivity index (χ1v) is 13.0. The Bertz CT molecular complexity index is 1530. The van der Waals surface area contributed by atoms with Crippen LogP contribution in [-0.2, 0) is 21.4 Å². The van der Waals surface area contributed by atoms with Crippen LogP contribution in [0.15, 0.2) is 66.4 Å². The van der Waals surface area contributed by atoms with Gasteiger partial charge in [-0.1, -0.05) is 0 Å². The molecule has 10 nitrogen and oxygen atoms in total. The lowest BCUT2D eigenvalue weighted by Crippen LogP contribution is -2.53. The van der Waals surface area contributed by atoms with Crippen LogP contribution in [0.25, 0.3) is 10.2 Å². The quantitative estimate of drug-likeness (QED) is 0.311. The van der Waals surface area contributed by atoms with E-state index in [-0.39, 0.29) is 17.7 Å². The van der Waals surface area contributed by atoms with Crippen molar-refractivity contribution < 1.29 is 26.8 Å². The maximum atomic E-state index is 13.8. The Kier molecular flexibility index (Phi) is 7.59. The predicted molar refractivity (Wildman–Crippen MR) is 135 cm³/mol. The summed E-state index contributed by atoms with van der Waals surface area (Å²) in [5, 5.41) is 2.29. The van der Waals surface area contributed by atoms with Crippen molar-refractivity contribution in [2.45, 2.75) is 12.5 Å². The molecule has 0 spiro atoms. The van der Waals surface area contributed by atoms with Gasteiger partial charge in [0, 0.05) is 31.4 Å². The Morgan fingerprint density at radius 2 is 1.86 bits per heavy atom. The zero-order chi connectivity index (χ0) is 26.6. The highest BCUT2D eigenvalue weighted by molar-refractivity contribution is 7.91. The van der Waals surface area contributed by atoms with Gasteiger partial charge in [0.15, 0.2) is 0 Å². The fraction of sp³-hybridized carbons (Fsp3) is 0.130. The molecule has 0 aliphatic heterocycles. The van der Waals surface area contributed by atoms with Gasteiger partial charge in [-0.15, -0.1) is 11.3 Å². The predicted octanol–water partition coefficient (Wildman–Crippen LogP) is 3.20. The van der Waals surface area contributed by atoms with Crippen LogP contribution < -0.4 is 19.7 Å². The summed E-state index contributed by atoms with van der Waals surface area (Å²) in [6.45, 7) is 0. The smallest absolute Gasteiger partial charge is 0.325 e. The molecule has 2 aromatic carbocycles. The summed E-state index contributed by atoms with van der Waals surface area (Å²) >= 11 is 1.42. The highest BCUT2D eigenvalue weighted by Crippen LogP contribution is 2.24. The molecule has 37 heavy (non-hydrogen) atoms. The summed E-state index contributed by atoms with van der Waals surface area (Å²) in [6, 6.07) is 8.14. The molecule has 0 unspecified atom stereocenters. The molecule has 192 valence electrons. The summed E-state index contributed by atoms with van der Waals surface area (Å²) < 4.78 is 57.0. The normalized spacial score (nSPS) is 12.1. The number of urea groups is 1. The molecular formula is C23H20F2N6O4S2. The fourth-order valence-electron chi connectivity index (χ4n) is 3.49. The van der Waals surface area contributed by atoms with Crippen LogP contribution in [0.5, 0.6) is 0 Å². The summed E-state index contributed by atoms with van der Waals surface area (Å²) in [6.07, 6.45) is 2.35. The third kappa shape index (κ3) is 6.74. The molecule has 4 aromatic rings. The first-order chi connectivity index (χ1) is 17.6. The first-order valence-electron chi connectivity index (χ1n) is 10.7. The Balaban J connectivity index is 1.55. The number of anilines is 2. The van der Waals surface area contributed by atoms with Gasteiger partial charge in [-0.05, 0) is 48.0 Å². The molecule has 0 aliphatic carbocycles. The Hall–Kier alpha value is -4.17. The van der Waals surface area contributed by atoms with Crippen molar-refractivity contribution in [2.75, 3.05) is 16.7 Å². The zero-order valence-corrected chi connectivity index (χ0v) is 20.8. The van der Waals surface area contributed by atoms with E-state index in [4.69, 9.17) is 0 Å². The van der Waals surface area contributed by atoms with Crippen molar-refractivity contribution in [2.24, 2.45) is 0 Å². The van der Waals surface area contributed by atoms with Crippen LogP contribution in [0.2, 0.25) is 0 Å². The van der Waals surface area contributed by atoms with Gasteiger partial charge in [0.2, 0.25) is 5.91 Å². The average molecular weight is 547 g/mol. The van der Waals surface area contributed by atoms with Gasteiger partial charge >= 0.3 is 16.2 Å². The first kappa shape index (κ1) is 25.9. The number of benzene rings is 2. The lowest BCUT2D eigenvalue weighted by atomic mass is 10.0. The SMILES string of the molecule is CN(C(=O)[C@H](Cc1cc(F)cc(F)c1)NC(=O)NS(=O)(=O)Nc1cccnc1)c1ccc2scnc2c1. The van der Waals surface area contributed by atoms with Gasteiger partial charge < -0.3 is 10.2 Å². The number of pyridine rings is 1. The summed E-state index contributed by atoms with van der Waals surface area (Å²) in [4.78, 5) is 35.2. The number of amides is 3. The van der Waals surface area contributed by atoms with Crippen LogP contribution in [0, 0.1) is 11.6 Å². The number of rotatable bonds is 8. The second kappa shape index (κ2) is 10.8. The lowest BCUT2D eigenvalue weighted by molar-refractivity contribution is -0.120. The van der Waals surface area contributed by atoms with Crippen LogP contribution in [0.3, 0.4) is 0 Å². The van der Waals surface area contributed by atoms with Gasteiger partial charge in [0.25, 0.3) is 0 Å². The average Bonchev–Trinajstić information content (AvgIpc) is 3.30. The van der Waals surface area contributed by atoms with Crippen LogP contribution >= 0.6 is 11.3 Å². The number of aromatic nitrogens is 2. The van der Waals surface area contributed by atoms with Crippen LogP contribution in [0.1, 0.15) is 5.56 Å². The van der Waals surface area contributed by atoms with Gasteiger partial charge in [-0.3, -0.25) is 14.5 Å². The van der Waals surface area contributed by atoms with E-state index in [9.17, 15) is 26.8 Å². The minimum Gasteiger partial charge on any atom is -0.325 e. The minimum atomic E-state index is -4.39. The maximum Gasteiger partial charge on any atom is 0.330 e. The van der Waals surface area contributed by atoms with E-state index in [1.54, 1.807) is 28.4 Å². The van der Waals surface area contributed by atoms with E-state index in [0.717, 1.165) is 16.8 Å². The topological polar surface area (TPSA) is 133 Å². The fourth-order valence-corrected chi connectivity index (χ4v) is 4.94. The van der Waals surface area contributed by atoms with Crippen molar-refractivity contribution >= 4 is 55.1 Å². The van der Waals surface area contributed by atoms with E-state index in [1.807, 2.05) is 0 Å². The van der Waals surface area contributed by atoms with Gasteiger partial charge in [-0.25, -0.2) is 23.3 Å². The molecule has 2 heterocycles. The number of carbonyl (C=O) groups excluding carboxylic acids is 2. The number of thiazole rings is 1. The summed E-state index contributed by atoms with van der Waals surface area (Å²) in [5.41, 5.74) is 2.94. The summed E-state index contributed by atoms with van der Waals surface area (Å²) in [5.74, 6) is -2.39. The van der Waals surface area contributed by atoms with Crippen molar-refractivity contribution in [3.63, 3.8) is 0 Å². The monoisotopic (exact) mass is 546 g/mol. The second-order valence-corrected chi connectivity index (χ2v) is 10.2. The number of hydrogen-bond acceptors (Lipinski definition) is 7. The molecule has 3 N–H and O–H groups in total. The molecule has 4 rings (SSSR count). The maximum absolute atomic E-state index is 13.8. The number of carbonyl (C=O) groups is 2. The zero-order valence-electron chi connectivity index (χ0n) is 19.2. The Morgan fingerprint density at radius 3 is 2.57 bits per heavy atom. The number of fused-ring (bicyclic) bond motifs is 1. The van der Waals surface area contributed by atoms with Crippen molar-refractivity contribution in [3.8, 4) is 0 Å². The molecule has 2 aromatic heterocycles. The highest BCUT2D eigenvalue weighted by Gasteiger charge is 2.27. The third-order valence-corrected chi connectivity index (χ3v) is 6.91. The number of hydrogen-bond donors (Lipinski definition) is 3. The Labute approximate surface area is 214 Å². The van der Waals surface area contributed by atoms with Crippen molar-refractivity contribution in [3.05, 3.63) is 83.6 Å². The van der Waals surface area contributed by atoms with Crippen molar-refractivity contribution in [1.82, 2.24) is 20.0 Å². The lowest BCUT2D eigenvalue weighted by Gasteiger charge is -2.25. The second-order valence-electron chi connectivity index (χ2n) is 7.86. The number of likely N-dealkylation sites (N-methyl/N-ethyl adjacent to an activating group) is 1. The van der Waals surface area contributed by atoms with Crippen LogP contribution in [-0.4, -0.2) is 43.4 Å². The molecule has 0 radical (unpaired) electrons. The molecule has 0 fully saturated rings. The molecule has 0 saturated carbocycles. The van der Waals surface area contributed by atoms with Gasteiger partial charge in [0.1, 0.15) is 17.7 Å². The molecule has 0 bridgehead atoms. The molecule has 1 atom stereocenters. The summed E-state index contributed by atoms with van der Waals surface area (Å²) in [7, 11) is -2.93. The number of halogens is 2. The van der Waals surface area contributed by atoms with E-state index in [2.05, 4.69) is 20.0 Å². The molecule has 14 heteroatoms. The number of nitrogens with one attached hydrogen (secondary N) is 3. The van der Waals surface area contributed by atoms with E-state index in [1.165, 1.54) is 47.8 Å². The van der Waals surface area contributed by atoms with Crippen molar-refractivity contribution in [1.29, 1.82) is 0 Å². The molecule has 3 amide bonds. The van der Waals surface area contributed by atoms with Gasteiger partial charge in [-0.2, -0.15) is 8.42 Å². The third-order valence-electron chi connectivity index (χ3n) is 5.14.